The molecular formula is C15H15N3O3. The van der Waals surface area contributed by atoms with Gasteiger partial charge in [-0.3, -0.25) is 9.59 Å². The lowest BCUT2D eigenvalue weighted by atomic mass is 10.1. The third-order valence-corrected chi connectivity index (χ3v) is 3.55. The molecule has 0 fully saturated rings. The summed E-state index contributed by atoms with van der Waals surface area (Å²) in [5.74, 6) is -0.497. The summed E-state index contributed by atoms with van der Waals surface area (Å²) in [6.07, 6.45) is 6.23. The van der Waals surface area contributed by atoms with Crippen LogP contribution in [0.4, 0.5) is 0 Å². The lowest BCUT2D eigenvalue weighted by Gasteiger charge is -2.14. The van der Waals surface area contributed by atoms with Crippen LogP contribution in [-0.4, -0.2) is 34.8 Å². The first kappa shape index (κ1) is 13.4. The van der Waals surface area contributed by atoms with Crippen molar-refractivity contribution in [2.45, 2.75) is 12.8 Å². The van der Waals surface area contributed by atoms with E-state index in [9.17, 15) is 9.59 Å². The molecule has 2 N–H and O–H groups in total. The van der Waals surface area contributed by atoms with E-state index in [-0.39, 0.29) is 11.7 Å². The van der Waals surface area contributed by atoms with Gasteiger partial charge in [0.1, 0.15) is 0 Å². The van der Waals surface area contributed by atoms with E-state index in [0.29, 0.717) is 37.2 Å². The summed E-state index contributed by atoms with van der Waals surface area (Å²) in [5, 5.41) is 0.735. The molecule has 21 heavy (non-hydrogen) atoms. The Morgan fingerprint density at radius 2 is 2.10 bits per heavy atom. The summed E-state index contributed by atoms with van der Waals surface area (Å²) >= 11 is 0. The van der Waals surface area contributed by atoms with Gasteiger partial charge in [-0.05, 0) is 18.6 Å². The molecule has 3 heterocycles. The Labute approximate surface area is 121 Å². The van der Waals surface area contributed by atoms with E-state index in [4.69, 9.17) is 10.2 Å². The fraction of sp³-hybridized carbons (Fsp3) is 0.267. The number of carbonyl (C=O) groups excluding carboxylic acids is 2. The number of aromatic nitrogens is 1. The highest BCUT2D eigenvalue weighted by Crippen LogP contribution is 2.25. The quantitative estimate of drug-likeness (QED) is 0.856. The molecule has 108 valence electrons. The largest absolute Gasteiger partial charge is 0.432 e. The Bertz CT molecular complexity index is 725. The van der Waals surface area contributed by atoms with Crippen LogP contribution in [0, 0.1) is 0 Å². The molecule has 0 unspecified atom stereocenters. The van der Waals surface area contributed by atoms with Gasteiger partial charge in [0.25, 0.3) is 5.91 Å². The van der Waals surface area contributed by atoms with E-state index in [2.05, 4.69) is 4.98 Å². The molecule has 1 aliphatic heterocycles. The maximum atomic E-state index is 12.1. The van der Waals surface area contributed by atoms with E-state index >= 15 is 0 Å². The van der Waals surface area contributed by atoms with Gasteiger partial charge in [-0.25, -0.2) is 4.98 Å². The standard InChI is InChI=1S/C15H15N3O3/c16-14(20)13-10(11-4-3-7-17-15(11)21-13)5-6-12(19)18-8-1-2-9-18/h1-4,7H,5-6,8-9H2,(H2,16,20). The number of carbonyl (C=O) groups is 2. The summed E-state index contributed by atoms with van der Waals surface area (Å²) < 4.78 is 5.40. The number of furan rings is 1. The molecule has 0 bridgehead atoms. The van der Waals surface area contributed by atoms with Crippen molar-refractivity contribution >= 4 is 22.9 Å². The summed E-state index contributed by atoms with van der Waals surface area (Å²) in [7, 11) is 0. The maximum Gasteiger partial charge on any atom is 0.284 e. The third kappa shape index (κ3) is 2.52. The minimum Gasteiger partial charge on any atom is -0.432 e. The van der Waals surface area contributed by atoms with Crippen LogP contribution in [0.25, 0.3) is 11.1 Å². The molecule has 2 aromatic rings. The number of pyridine rings is 1. The SMILES string of the molecule is NC(=O)c1oc2ncccc2c1CCC(=O)N1CC=CC1. The zero-order valence-electron chi connectivity index (χ0n) is 11.4. The highest BCUT2D eigenvalue weighted by atomic mass is 16.4. The van der Waals surface area contributed by atoms with Gasteiger partial charge in [-0.1, -0.05) is 12.2 Å². The molecule has 2 amide bonds. The van der Waals surface area contributed by atoms with Crippen LogP contribution in [0.1, 0.15) is 22.5 Å². The molecule has 0 spiro atoms. The number of nitrogens with zero attached hydrogens (tertiary/aromatic N) is 2. The Morgan fingerprint density at radius 1 is 1.33 bits per heavy atom. The normalized spacial score (nSPS) is 14.0. The van der Waals surface area contributed by atoms with Crippen LogP contribution in [0.3, 0.4) is 0 Å². The van der Waals surface area contributed by atoms with Crippen molar-refractivity contribution in [2.24, 2.45) is 5.73 Å². The van der Waals surface area contributed by atoms with Gasteiger partial charge < -0.3 is 15.1 Å². The predicted octanol–water partition coefficient (Wildman–Crippen LogP) is 1.26. The second-order valence-corrected chi connectivity index (χ2v) is 4.90. The first-order chi connectivity index (χ1) is 10.2. The first-order valence-corrected chi connectivity index (χ1v) is 6.76. The maximum absolute atomic E-state index is 12.1. The molecular weight excluding hydrogens is 270 g/mol. The fourth-order valence-electron chi connectivity index (χ4n) is 2.50. The van der Waals surface area contributed by atoms with Crippen molar-refractivity contribution in [1.82, 2.24) is 9.88 Å². The molecule has 0 saturated heterocycles. The van der Waals surface area contributed by atoms with E-state index in [1.807, 2.05) is 18.2 Å². The van der Waals surface area contributed by atoms with Crippen LogP contribution >= 0.6 is 0 Å². The summed E-state index contributed by atoms with van der Waals surface area (Å²) in [6, 6.07) is 3.58. The van der Waals surface area contributed by atoms with Crippen molar-refractivity contribution in [2.75, 3.05) is 13.1 Å². The second kappa shape index (κ2) is 5.40. The average molecular weight is 285 g/mol. The van der Waals surface area contributed by atoms with Crippen molar-refractivity contribution in [3.05, 3.63) is 41.8 Å². The predicted molar refractivity (Wildman–Crippen MR) is 76.6 cm³/mol. The van der Waals surface area contributed by atoms with E-state index in [0.717, 1.165) is 5.39 Å². The molecule has 0 aromatic carbocycles. The van der Waals surface area contributed by atoms with Crippen molar-refractivity contribution in [1.29, 1.82) is 0 Å². The zero-order chi connectivity index (χ0) is 14.8. The van der Waals surface area contributed by atoms with Crippen LogP contribution in [0.2, 0.25) is 0 Å². The number of aryl methyl sites for hydroxylation is 1. The number of primary amides is 1. The molecule has 1 aliphatic rings. The lowest BCUT2D eigenvalue weighted by Crippen LogP contribution is -2.28. The Balaban J connectivity index is 1.83. The number of hydrogen-bond donors (Lipinski definition) is 1. The van der Waals surface area contributed by atoms with E-state index < -0.39 is 5.91 Å². The molecule has 0 atom stereocenters. The van der Waals surface area contributed by atoms with Crippen LogP contribution < -0.4 is 5.73 Å². The lowest BCUT2D eigenvalue weighted by molar-refractivity contribution is -0.129. The van der Waals surface area contributed by atoms with Gasteiger partial charge in [-0.2, -0.15) is 0 Å². The molecule has 0 radical (unpaired) electrons. The highest BCUT2D eigenvalue weighted by molar-refractivity contribution is 5.97. The summed E-state index contributed by atoms with van der Waals surface area (Å²) in [6.45, 7) is 1.30. The molecule has 2 aromatic heterocycles. The zero-order valence-corrected chi connectivity index (χ0v) is 11.4. The average Bonchev–Trinajstić information content (AvgIpc) is 3.12. The first-order valence-electron chi connectivity index (χ1n) is 6.76. The van der Waals surface area contributed by atoms with Crippen molar-refractivity contribution in [3.8, 4) is 0 Å². The van der Waals surface area contributed by atoms with Gasteiger partial charge in [0.2, 0.25) is 11.6 Å². The van der Waals surface area contributed by atoms with Crippen LogP contribution in [-0.2, 0) is 11.2 Å². The van der Waals surface area contributed by atoms with Crippen LogP contribution in [0.15, 0.2) is 34.9 Å². The van der Waals surface area contributed by atoms with Gasteiger partial charge in [0.05, 0.1) is 0 Å². The number of rotatable bonds is 4. The Morgan fingerprint density at radius 3 is 2.81 bits per heavy atom. The summed E-state index contributed by atoms with van der Waals surface area (Å²) in [5.41, 5.74) is 6.37. The van der Waals surface area contributed by atoms with Crippen molar-refractivity contribution in [3.63, 3.8) is 0 Å². The molecule has 6 heteroatoms. The second-order valence-electron chi connectivity index (χ2n) is 4.90. The minimum atomic E-state index is -0.640. The Hall–Kier alpha value is -2.63. The van der Waals surface area contributed by atoms with Crippen LogP contribution in [0.5, 0.6) is 0 Å². The van der Waals surface area contributed by atoms with Gasteiger partial charge in [0, 0.05) is 36.7 Å². The van der Waals surface area contributed by atoms with Gasteiger partial charge in [0.15, 0.2) is 5.76 Å². The topological polar surface area (TPSA) is 89.4 Å². The van der Waals surface area contributed by atoms with E-state index in [1.54, 1.807) is 17.2 Å². The van der Waals surface area contributed by atoms with Crippen molar-refractivity contribution < 1.29 is 14.0 Å². The summed E-state index contributed by atoms with van der Waals surface area (Å²) in [4.78, 5) is 29.4. The number of fused-ring (bicyclic) bond motifs is 1. The van der Waals surface area contributed by atoms with E-state index in [1.165, 1.54) is 0 Å². The third-order valence-electron chi connectivity index (χ3n) is 3.55. The monoisotopic (exact) mass is 285 g/mol. The van der Waals surface area contributed by atoms with Gasteiger partial charge in [-0.15, -0.1) is 0 Å². The smallest absolute Gasteiger partial charge is 0.284 e. The molecule has 0 aliphatic carbocycles. The minimum absolute atomic E-state index is 0.0497. The fourth-order valence-corrected chi connectivity index (χ4v) is 2.50. The molecule has 6 nitrogen and oxygen atoms in total. The molecule has 3 rings (SSSR count). The molecule has 0 saturated carbocycles. The number of nitrogens with two attached hydrogens (primary N) is 1. The number of amides is 2. The highest BCUT2D eigenvalue weighted by Gasteiger charge is 2.21. The Kier molecular flexibility index (Phi) is 3.43. The number of hydrogen-bond acceptors (Lipinski definition) is 4. The van der Waals surface area contributed by atoms with Gasteiger partial charge >= 0.3 is 0 Å².